The first kappa shape index (κ1) is 16.3. The molecule has 5 atom stereocenters. The highest BCUT2D eigenvalue weighted by Crippen LogP contribution is 2.53. The Morgan fingerprint density at radius 2 is 2.04 bits per heavy atom. The third-order valence-electron chi connectivity index (χ3n) is 6.54. The number of hydrogen-bond donors (Lipinski definition) is 1. The topological polar surface area (TPSA) is 49.7 Å². The molecular formula is C20H25NO2S. The van der Waals surface area contributed by atoms with Crippen LogP contribution in [0, 0.1) is 17.8 Å². The number of aliphatic imine (C=N–C) groups is 1. The summed E-state index contributed by atoms with van der Waals surface area (Å²) in [6, 6.07) is 9.48. The number of nitrogens with zero attached hydrogens (tertiary/aromatic N) is 1. The van der Waals surface area contributed by atoms with Gasteiger partial charge in [-0.3, -0.25) is 4.79 Å². The molecule has 4 rings (SSSR count). The van der Waals surface area contributed by atoms with Crippen molar-refractivity contribution in [3.05, 3.63) is 35.9 Å². The van der Waals surface area contributed by atoms with Crippen LogP contribution >= 0.6 is 11.8 Å². The predicted octanol–water partition coefficient (Wildman–Crippen LogP) is 4.15. The van der Waals surface area contributed by atoms with E-state index < -0.39 is 10.3 Å². The lowest BCUT2D eigenvalue weighted by atomic mass is 9.82. The zero-order valence-corrected chi connectivity index (χ0v) is 15.2. The van der Waals surface area contributed by atoms with E-state index in [0.717, 1.165) is 28.9 Å². The highest BCUT2D eigenvalue weighted by molar-refractivity contribution is 8.16. The summed E-state index contributed by atoms with van der Waals surface area (Å²) in [5, 5.41) is 12.1. The van der Waals surface area contributed by atoms with E-state index in [0.29, 0.717) is 5.92 Å². The fourth-order valence-corrected chi connectivity index (χ4v) is 6.15. The summed E-state index contributed by atoms with van der Waals surface area (Å²) in [6.45, 7) is 3.58. The van der Waals surface area contributed by atoms with Gasteiger partial charge in [0.2, 0.25) is 0 Å². The summed E-state index contributed by atoms with van der Waals surface area (Å²) in [7, 11) is 0. The van der Waals surface area contributed by atoms with E-state index in [4.69, 9.17) is 0 Å². The number of amides is 1. The molecule has 2 unspecified atom stereocenters. The zero-order valence-electron chi connectivity index (χ0n) is 14.4. The number of aliphatic hydroxyl groups is 1. The second-order valence-corrected chi connectivity index (χ2v) is 9.52. The van der Waals surface area contributed by atoms with Crippen LogP contribution in [0.1, 0.15) is 51.5 Å². The van der Waals surface area contributed by atoms with Crippen LogP contribution in [0.4, 0.5) is 0 Å². The molecule has 128 valence electrons. The standard InChI is InChI=1S/C20H25NO2S/c1-19(23,16-6-4-3-5-7-16)20(2)18(22)21-17(24-20)12-15-11-13-8-9-14(15)10-13/h3-7,13-15,23H,8-12H2,1-2H3/t13-,14+,15-,19?,20?/m1/s1. The van der Waals surface area contributed by atoms with E-state index in [9.17, 15) is 9.90 Å². The fraction of sp³-hybridized carbons (Fsp3) is 0.600. The molecular weight excluding hydrogens is 318 g/mol. The molecule has 1 heterocycles. The van der Waals surface area contributed by atoms with Crippen LogP contribution in [-0.2, 0) is 10.4 Å². The van der Waals surface area contributed by atoms with Crippen molar-refractivity contribution < 1.29 is 9.90 Å². The molecule has 1 aromatic rings. The lowest BCUT2D eigenvalue weighted by Crippen LogP contribution is -2.48. The number of carbonyl (C=O) groups is 1. The van der Waals surface area contributed by atoms with Gasteiger partial charge in [-0.05, 0) is 62.8 Å². The maximum atomic E-state index is 12.7. The molecule has 2 aliphatic carbocycles. The molecule has 0 aromatic heterocycles. The molecule has 1 aliphatic heterocycles. The van der Waals surface area contributed by atoms with Gasteiger partial charge in [0.1, 0.15) is 10.3 Å². The van der Waals surface area contributed by atoms with Crippen LogP contribution in [0.3, 0.4) is 0 Å². The molecule has 0 radical (unpaired) electrons. The van der Waals surface area contributed by atoms with Gasteiger partial charge in [0, 0.05) is 0 Å². The monoisotopic (exact) mass is 343 g/mol. The first-order valence-corrected chi connectivity index (χ1v) is 9.80. The van der Waals surface area contributed by atoms with Crippen LogP contribution in [0.2, 0.25) is 0 Å². The molecule has 24 heavy (non-hydrogen) atoms. The summed E-state index contributed by atoms with van der Waals surface area (Å²) < 4.78 is -0.943. The summed E-state index contributed by atoms with van der Waals surface area (Å²) in [6.07, 6.45) is 6.32. The quantitative estimate of drug-likeness (QED) is 0.893. The number of hydrogen-bond acceptors (Lipinski definition) is 3. The molecule has 4 heteroatoms. The highest BCUT2D eigenvalue weighted by atomic mass is 32.2. The number of rotatable bonds is 4. The lowest BCUT2D eigenvalue weighted by Gasteiger charge is -2.37. The largest absolute Gasteiger partial charge is 0.383 e. The van der Waals surface area contributed by atoms with Crippen molar-refractivity contribution in [2.45, 2.75) is 56.3 Å². The zero-order chi connectivity index (χ0) is 16.9. The number of benzene rings is 1. The number of fused-ring (bicyclic) bond motifs is 2. The molecule has 2 fully saturated rings. The average molecular weight is 343 g/mol. The summed E-state index contributed by atoms with van der Waals surface area (Å²) in [5.74, 6) is 2.22. The van der Waals surface area contributed by atoms with Crippen molar-refractivity contribution in [1.29, 1.82) is 0 Å². The van der Waals surface area contributed by atoms with Gasteiger partial charge < -0.3 is 5.11 Å². The highest BCUT2D eigenvalue weighted by Gasteiger charge is 2.55. The van der Waals surface area contributed by atoms with Crippen molar-refractivity contribution in [1.82, 2.24) is 0 Å². The molecule has 1 amide bonds. The van der Waals surface area contributed by atoms with Gasteiger partial charge >= 0.3 is 0 Å². The third-order valence-corrected chi connectivity index (χ3v) is 8.02. The van der Waals surface area contributed by atoms with Gasteiger partial charge in [0.05, 0.1) is 5.04 Å². The minimum absolute atomic E-state index is 0.195. The van der Waals surface area contributed by atoms with Crippen molar-refractivity contribution in [2.24, 2.45) is 22.7 Å². The maximum absolute atomic E-state index is 12.7. The van der Waals surface area contributed by atoms with E-state index >= 15 is 0 Å². The molecule has 3 nitrogen and oxygen atoms in total. The van der Waals surface area contributed by atoms with Crippen LogP contribution in [-0.4, -0.2) is 20.8 Å². The van der Waals surface area contributed by atoms with Gasteiger partial charge in [0.25, 0.3) is 5.91 Å². The Balaban J connectivity index is 1.52. The van der Waals surface area contributed by atoms with Crippen LogP contribution in [0.5, 0.6) is 0 Å². The summed E-state index contributed by atoms with van der Waals surface area (Å²) >= 11 is 1.49. The molecule has 1 aromatic carbocycles. The van der Waals surface area contributed by atoms with Crippen molar-refractivity contribution in [2.75, 3.05) is 0 Å². The predicted molar refractivity (Wildman–Crippen MR) is 98.0 cm³/mol. The Morgan fingerprint density at radius 3 is 2.67 bits per heavy atom. The smallest absolute Gasteiger partial charge is 0.266 e. The van der Waals surface area contributed by atoms with Gasteiger partial charge in [-0.15, -0.1) is 0 Å². The normalized spacial score (nSPS) is 37.5. The molecule has 0 spiro atoms. The first-order valence-electron chi connectivity index (χ1n) is 8.99. The molecule has 2 saturated carbocycles. The Bertz CT molecular complexity index is 684. The SMILES string of the molecule is CC1(C(C)(O)c2ccccc2)SC(C[C@H]2C[C@@H]3CC[C@H]2C3)=NC1=O. The van der Waals surface area contributed by atoms with Gasteiger partial charge in [-0.2, -0.15) is 0 Å². The minimum Gasteiger partial charge on any atom is -0.383 e. The van der Waals surface area contributed by atoms with Crippen LogP contribution in [0.15, 0.2) is 35.3 Å². The minimum atomic E-state index is -1.24. The first-order chi connectivity index (χ1) is 11.4. The molecule has 2 bridgehead atoms. The second-order valence-electron chi connectivity index (χ2n) is 8.02. The van der Waals surface area contributed by atoms with Gasteiger partial charge in [-0.25, -0.2) is 4.99 Å². The van der Waals surface area contributed by atoms with Gasteiger partial charge in [0.15, 0.2) is 0 Å². The van der Waals surface area contributed by atoms with Crippen molar-refractivity contribution >= 4 is 22.7 Å². The fourth-order valence-electron chi connectivity index (χ4n) is 4.81. The van der Waals surface area contributed by atoms with E-state index in [1.54, 1.807) is 6.92 Å². The van der Waals surface area contributed by atoms with Crippen LogP contribution < -0.4 is 0 Å². The molecule has 1 N–H and O–H groups in total. The number of carbonyl (C=O) groups excluding carboxylic acids is 1. The third kappa shape index (κ3) is 2.46. The Kier molecular flexibility index (Phi) is 3.88. The summed E-state index contributed by atoms with van der Waals surface area (Å²) in [4.78, 5) is 17.1. The Hall–Kier alpha value is -1.13. The molecule has 0 saturated heterocycles. The lowest BCUT2D eigenvalue weighted by molar-refractivity contribution is -0.126. The maximum Gasteiger partial charge on any atom is 0.266 e. The van der Waals surface area contributed by atoms with E-state index in [2.05, 4.69) is 4.99 Å². The van der Waals surface area contributed by atoms with Crippen molar-refractivity contribution in [3.8, 4) is 0 Å². The van der Waals surface area contributed by atoms with E-state index in [1.165, 1.54) is 37.4 Å². The van der Waals surface area contributed by atoms with Gasteiger partial charge in [-0.1, -0.05) is 48.5 Å². The van der Waals surface area contributed by atoms with Crippen LogP contribution in [0.25, 0.3) is 0 Å². The summed E-state index contributed by atoms with van der Waals surface area (Å²) in [5.41, 5.74) is -0.472. The van der Waals surface area contributed by atoms with E-state index in [-0.39, 0.29) is 5.91 Å². The Morgan fingerprint density at radius 1 is 1.29 bits per heavy atom. The number of thioether (sulfide) groups is 1. The molecule has 3 aliphatic rings. The van der Waals surface area contributed by atoms with Crippen molar-refractivity contribution in [3.63, 3.8) is 0 Å². The second kappa shape index (κ2) is 5.70. The average Bonchev–Trinajstić information content (AvgIpc) is 3.24. The Labute approximate surface area is 147 Å². The van der Waals surface area contributed by atoms with E-state index in [1.807, 2.05) is 37.3 Å².